The van der Waals surface area contributed by atoms with Crippen molar-refractivity contribution < 1.29 is 14.3 Å². The number of carbonyl (C=O) groups is 2. The number of hydrogen-bond donors (Lipinski definition) is 1. The highest BCUT2D eigenvalue weighted by atomic mass is 35.5. The molecule has 0 spiro atoms. The lowest BCUT2D eigenvalue weighted by Crippen LogP contribution is -2.28. The highest BCUT2D eigenvalue weighted by molar-refractivity contribution is 7.99. The lowest BCUT2D eigenvalue weighted by molar-refractivity contribution is -0.142. The van der Waals surface area contributed by atoms with E-state index in [2.05, 4.69) is 5.32 Å². The minimum Gasteiger partial charge on any atom is -0.466 e. The van der Waals surface area contributed by atoms with Gasteiger partial charge < -0.3 is 10.1 Å². The Morgan fingerprint density at radius 1 is 1.30 bits per heavy atom. The molecule has 0 atom stereocenters. The Balaban J connectivity index is 2.11. The SMILES string of the molecule is CCOC(=O)CCNC(=O)CSCc1ccc(Cl)cc1. The predicted octanol–water partition coefficient (Wildman–Crippen LogP) is 2.64. The number of carbonyl (C=O) groups excluding carboxylic acids is 2. The number of ether oxygens (including phenoxy) is 1. The minimum absolute atomic E-state index is 0.0757. The molecule has 0 aliphatic rings. The fourth-order valence-corrected chi connectivity index (χ4v) is 2.37. The average molecular weight is 316 g/mol. The lowest BCUT2D eigenvalue weighted by Gasteiger charge is -2.05. The number of rotatable bonds is 8. The van der Waals surface area contributed by atoms with Crippen LogP contribution in [0.15, 0.2) is 24.3 Å². The van der Waals surface area contributed by atoms with E-state index < -0.39 is 0 Å². The Hall–Kier alpha value is -1.20. The Morgan fingerprint density at radius 2 is 2.00 bits per heavy atom. The molecule has 0 heterocycles. The van der Waals surface area contributed by atoms with Crippen molar-refractivity contribution in [2.24, 2.45) is 0 Å². The summed E-state index contributed by atoms with van der Waals surface area (Å²) in [6, 6.07) is 7.54. The number of halogens is 1. The van der Waals surface area contributed by atoms with Gasteiger partial charge in [0.25, 0.3) is 0 Å². The summed E-state index contributed by atoms with van der Waals surface area (Å²) in [5.74, 6) is 0.753. The van der Waals surface area contributed by atoms with Crippen molar-refractivity contribution >= 4 is 35.2 Å². The molecule has 1 rings (SSSR count). The van der Waals surface area contributed by atoms with E-state index in [1.54, 1.807) is 6.92 Å². The zero-order chi connectivity index (χ0) is 14.8. The van der Waals surface area contributed by atoms with Gasteiger partial charge in [-0.1, -0.05) is 23.7 Å². The van der Waals surface area contributed by atoms with E-state index in [0.717, 1.165) is 11.3 Å². The summed E-state index contributed by atoms with van der Waals surface area (Å²) < 4.78 is 4.77. The van der Waals surface area contributed by atoms with Crippen LogP contribution in [0.25, 0.3) is 0 Å². The minimum atomic E-state index is -0.290. The van der Waals surface area contributed by atoms with Gasteiger partial charge in [0, 0.05) is 17.3 Å². The Kier molecular flexibility index (Phi) is 8.14. The van der Waals surface area contributed by atoms with Crippen LogP contribution in [0.2, 0.25) is 5.02 Å². The van der Waals surface area contributed by atoms with Gasteiger partial charge >= 0.3 is 5.97 Å². The number of esters is 1. The Labute approximate surface area is 128 Å². The van der Waals surface area contributed by atoms with Crippen molar-refractivity contribution in [2.45, 2.75) is 19.1 Å². The second kappa shape index (κ2) is 9.66. The van der Waals surface area contributed by atoms with Gasteiger partial charge in [0.05, 0.1) is 18.8 Å². The zero-order valence-corrected chi connectivity index (χ0v) is 12.9. The van der Waals surface area contributed by atoms with Gasteiger partial charge in [0.15, 0.2) is 0 Å². The van der Waals surface area contributed by atoms with Crippen LogP contribution in [0.3, 0.4) is 0 Å². The molecule has 6 heteroatoms. The standard InChI is InChI=1S/C14H18ClNO3S/c1-2-19-14(18)7-8-16-13(17)10-20-9-11-3-5-12(15)6-4-11/h3-6H,2,7-10H2,1H3,(H,16,17). The first kappa shape index (κ1) is 16.9. The summed E-state index contributed by atoms with van der Waals surface area (Å²) in [5.41, 5.74) is 1.12. The molecule has 0 aliphatic heterocycles. The molecule has 1 aromatic carbocycles. The summed E-state index contributed by atoms with van der Waals surface area (Å²) in [4.78, 5) is 22.6. The van der Waals surface area contributed by atoms with Gasteiger partial charge in [0.2, 0.25) is 5.91 Å². The Bertz CT molecular complexity index is 437. The molecule has 0 aliphatic carbocycles. The van der Waals surface area contributed by atoms with Gasteiger partial charge in [-0.05, 0) is 24.6 Å². The van der Waals surface area contributed by atoms with Gasteiger partial charge in [-0.15, -0.1) is 11.8 Å². The summed E-state index contributed by atoms with van der Waals surface area (Å²) >= 11 is 7.31. The van der Waals surface area contributed by atoms with E-state index in [1.165, 1.54) is 11.8 Å². The highest BCUT2D eigenvalue weighted by Gasteiger charge is 2.05. The van der Waals surface area contributed by atoms with Crippen LogP contribution < -0.4 is 5.32 Å². The van der Waals surface area contributed by atoms with Crippen LogP contribution >= 0.6 is 23.4 Å². The van der Waals surface area contributed by atoms with E-state index in [4.69, 9.17) is 16.3 Å². The van der Waals surface area contributed by atoms with Crippen molar-refractivity contribution in [3.05, 3.63) is 34.9 Å². The molecular formula is C14H18ClNO3S. The second-order valence-electron chi connectivity index (χ2n) is 4.02. The van der Waals surface area contributed by atoms with Gasteiger partial charge in [-0.25, -0.2) is 0 Å². The normalized spacial score (nSPS) is 10.1. The number of benzene rings is 1. The smallest absolute Gasteiger partial charge is 0.307 e. The van der Waals surface area contributed by atoms with Crippen LogP contribution in [0, 0.1) is 0 Å². The molecular weight excluding hydrogens is 298 g/mol. The molecule has 0 fully saturated rings. The number of amides is 1. The molecule has 0 saturated heterocycles. The van der Waals surface area contributed by atoms with Crippen LogP contribution in [0.4, 0.5) is 0 Å². The van der Waals surface area contributed by atoms with E-state index in [1.807, 2.05) is 24.3 Å². The fraction of sp³-hybridized carbons (Fsp3) is 0.429. The zero-order valence-electron chi connectivity index (χ0n) is 11.4. The monoisotopic (exact) mass is 315 g/mol. The molecule has 0 unspecified atom stereocenters. The molecule has 0 saturated carbocycles. The third-order valence-corrected chi connectivity index (χ3v) is 3.63. The van der Waals surface area contributed by atoms with Crippen LogP contribution in [-0.2, 0) is 20.1 Å². The first-order chi connectivity index (χ1) is 9.61. The number of nitrogens with one attached hydrogen (secondary N) is 1. The molecule has 1 N–H and O–H groups in total. The van der Waals surface area contributed by atoms with E-state index in [9.17, 15) is 9.59 Å². The molecule has 110 valence electrons. The van der Waals surface area contributed by atoms with Crippen molar-refractivity contribution in [1.82, 2.24) is 5.32 Å². The molecule has 0 aromatic heterocycles. The topological polar surface area (TPSA) is 55.4 Å². The third kappa shape index (κ3) is 7.40. The maximum Gasteiger partial charge on any atom is 0.307 e. The lowest BCUT2D eigenvalue weighted by atomic mass is 10.2. The maximum absolute atomic E-state index is 11.5. The number of hydrogen-bond acceptors (Lipinski definition) is 4. The van der Waals surface area contributed by atoms with Gasteiger partial charge in [0.1, 0.15) is 0 Å². The first-order valence-electron chi connectivity index (χ1n) is 6.36. The summed E-state index contributed by atoms with van der Waals surface area (Å²) in [7, 11) is 0. The molecule has 20 heavy (non-hydrogen) atoms. The van der Waals surface area contributed by atoms with Gasteiger partial charge in [-0.2, -0.15) is 0 Å². The summed E-state index contributed by atoms with van der Waals surface area (Å²) in [6.07, 6.45) is 0.210. The number of thioether (sulfide) groups is 1. The summed E-state index contributed by atoms with van der Waals surface area (Å²) in [6.45, 7) is 2.44. The first-order valence-corrected chi connectivity index (χ1v) is 7.89. The fourth-order valence-electron chi connectivity index (χ4n) is 1.43. The van der Waals surface area contributed by atoms with Crippen LogP contribution in [-0.4, -0.2) is 30.8 Å². The largest absolute Gasteiger partial charge is 0.466 e. The third-order valence-electron chi connectivity index (χ3n) is 2.37. The average Bonchev–Trinajstić information content (AvgIpc) is 2.41. The van der Waals surface area contributed by atoms with E-state index in [-0.39, 0.29) is 18.3 Å². The Morgan fingerprint density at radius 3 is 2.65 bits per heavy atom. The molecule has 0 radical (unpaired) electrons. The molecule has 0 bridgehead atoms. The predicted molar refractivity (Wildman–Crippen MR) is 81.9 cm³/mol. The second-order valence-corrected chi connectivity index (χ2v) is 5.45. The van der Waals surface area contributed by atoms with Crippen molar-refractivity contribution in [3.8, 4) is 0 Å². The van der Waals surface area contributed by atoms with Crippen molar-refractivity contribution in [1.29, 1.82) is 0 Å². The van der Waals surface area contributed by atoms with Crippen LogP contribution in [0.1, 0.15) is 18.9 Å². The quantitative estimate of drug-likeness (QED) is 0.749. The maximum atomic E-state index is 11.5. The van der Waals surface area contributed by atoms with Gasteiger partial charge in [-0.3, -0.25) is 9.59 Å². The molecule has 1 amide bonds. The highest BCUT2D eigenvalue weighted by Crippen LogP contribution is 2.15. The van der Waals surface area contributed by atoms with E-state index in [0.29, 0.717) is 23.9 Å². The molecule has 4 nitrogen and oxygen atoms in total. The molecule has 1 aromatic rings. The van der Waals surface area contributed by atoms with Crippen LogP contribution in [0.5, 0.6) is 0 Å². The van der Waals surface area contributed by atoms with E-state index >= 15 is 0 Å². The summed E-state index contributed by atoms with van der Waals surface area (Å²) in [5, 5.41) is 3.39. The van der Waals surface area contributed by atoms with Crippen molar-refractivity contribution in [2.75, 3.05) is 18.9 Å². The van der Waals surface area contributed by atoms with Crippen molar-refractivity contribution in [3.63, 3.8) is 0 Å².